The van der Waals surface area contributed by atoms with E-state index in [1.165, 1.54) is 85.0 Å². The highest BCUT2D eigenvalue weighted by atomic mass is 32.2. The van der Waals surface area contributed by atoms with Crippen LogP contribution in [-0.2, 0) is 4.84 Å². The first-order valence-corrected chi connectivity index (χ1v) is 15.7. The molecule has 0 spiro atoms. The van der Waals surface area contributed by atoms with Gasteiger partial charge in [-0.2, -0.15) is 0 Å². The Balaban J connectivity index is 1.69. The van der Waals surface area contributed by atoms with E-state index in [-0.39, 0.29) is 22.8 Å². The number of hydrogen-bond acceptors (Lipinski definition) is 16. The maximum Gasteiger partial charge on any atom is 0.366 e. The standard InChI is InChI=1S/C32H35N3O11S2/c1-37-21-11-10-19(26(42-6)29(21)45-9)20(35-46-31(36)18-14-24(40-4)28(44-8)25(15-18)41-5)16-47-32-34-33-30(48-32)17-12-22(38-2)27(43-7)23(13-17)39-3/h10-15H,16H2,1-9H3/b35-20+. The molecule has 0 aliphatic heterocycles. The van der Waals surface area contributed by atoms with Crippen LogP contribution in [0.4, 0.5) is 0 Å². The summed E-state index contributed by atoms with van der Waals surface area (Å²) in [4.78, 5) is 18.7. The third-order valence-corrected chi connectivity index (χ3v) is 8.92. The van der Waals surface area contributed by atoms with E-state index in [1.807, 2.05) is 0 Å². The molecule has 0 radical (unpaired) electrons. The number of aromatic nitrogens is 2. The second kappa shape index (κ2) is 16.6. The van der Waals surface area contributed by atoms with Gasteiger partial charge in [-0.3, -0.25) is 0 Å². The average molecular weight is 702 g/mol. The summed E-state index contributed by atoms with van der Waals surface area (Å²) in [6, 6.07) is 9.95. The Bertz CT molecular complexity index is 1730. The third-order valence-electron chi connectivity index (χ3n) is 6.80. The van der Waals surface area contributed by atoms with Crippen molar-refractivity contribution >= 4 is 34.8 Å². The topological polar surface area (TPSA) is 148 Å². The summed E-state index contributed by atoms with van der Waals surface area (Å²) in [6.07, 6.45) is 0. The second-order valence-electron chi connectivity index (χ2n) is 9.29. The average Bonchev–Trinajstić information content (AvgIpc) is 3.61. The molecule has 0 saturated heterocycles. The van der Waals surface area contributed by atoms with Gasteiger partial charge in [0.15, 0.2) is 38.8 Å². The van der Waals surface area contributed by atoms with Crippen LogP contribution in [0.15, 0.2) is 45.9 Å². The highest BCUT2D eigenvalue weighted by molar-refractivity contribution is 8.01. The molecule has 0 bridgehead atoms. The molecule has 0 atom stereocenters. The lowest BCUT2D eigenvalue weighted by Gasteiger charge is -2.16. The molecule has 0 amide bonds. The van der Waals surface area contributed by atoms with Gasteiger partial charge in [0.05, 0.1) is 69.6 Å². The van der Waals surface area contributed by atoms with Crippen molar-refractivity contribution in [3.63, 3.8) is 0 Å². The van der Waals surface area contributed by atoms with E-state index in [2.05, 4.69) is 15.4 Å². The highest BCUT2D eigenvalue weighted by Crippen LogP contribution is 2.44. The molecule has 4 rings (SSSR count). The lowest BCUT2D eigenvalue weighted by Crippen LogP contribution is -2.11. The van der Waals surface area contributed by atoms with Crippen molar-refractivity contribution in [1.29, 1.82) is 0 Å². The van der Waals surface area contributed by atoms with Crippen LogP contribution in [0.2, 0.25) is 0 Å². The first kappa shape index (κ1) is 35.8. The van der Waals surface area contributed by atoms with Crippen molar-refractivity contribution in [2.75, 3.05) is 69.7 Å². The molecule has 0 aliphatic carbocycles. The normalized spacial score (nSPS) is 11.0. The number of thioether (sulfide) groups is 1. The SMILES string of the molecule is COc1cc(C(=O)O/N=C(\CSc2nnc(-c3cc(OC)c(OC)c(OC)c3)s2)c2ccc(OC)c(OC)c2OC)cc(OC)c1OC. The molecule has 0 N–H and O–H groups in total. The Morgan fingerprint density at radius 2 is 1.17 bits per heavy atom. The number of oxime groups is 1. The molecule has 14 nitrogen and oxygen atoms in total. The van der Waals surface area contributed by atoms with Crippen LogP contribution in [0.1, 0.15) is 15.9 Å². The Morgan fingerprint density at radius 1 is 0.646 bits per heavy atom. The molecule has 1 heterocycles. The van der Waals surface area contributed by atoms with Gasteiger partial charge in [0.2, 0.25) is 17.2 Å². The molecule has 0 fully saturated rings. The summed E-state index contributed by atoms with van der Waals surface area (Å²) < 4.78 is 49.8. The molecule has 48 heavy (non-hydrogen) atoms. The Morgan fingerprint density at radius 3 is 1.67 bits per heavy atom. The number of methoxy groups -OCH3 is 9. The Labute approximate surface area is 285 Å². The summed E-state index contributed by atoms with van der Waals surface area (Å²) >= 11 is 2.67. The van der Waals surface area contributed by atoms with Gasteiger partial charge in [0.25, 0.3) is 0 Å². The van der Waals surface area contributed by atoms with Gasteiger partial charge in [0, 0.05) is 16.9 Å². The zero-order valence-electron chi connectivity index (χ0n) is 27.8. The van der Waals surface area contributed by atoms with Crippen molar-refractivity contribution in [3.8, 4) is 62.3 Å². The summed E-state index contributed by atoms with van der Waals surface area (Å²) in [5.41, 5.74) is 1.68. The quantitative estimate of drug-likeness (QED) is 0.0614. The van der Waals surface area contributed by atoms with Gasteiger partial charge in [-0.25, -0.2) is 4.79 Å². The minimum atomic E-state index is -0.767. The second-order valence-corrected chi connectivity index (χ2v) is 11.5. The van der Waals surface area contributed by atoms with E-state index < -0.39 is 5.97 Å². The van der Waals surface area contributed by atoms with Crippen molar-refractivity contribution in [2.45, 2.75) is 4.34 Å². The van der Waals surface area contributed by atoms with Crippen LogP contribution in [0.3, 0.4) is 0 Å². The number of benzene rings is 3. The molecule has 16 heteroatoms. The molecule has 0 unspecified atom stereocenters. The molecule has 4 aromatic rings. The first-order valence-electron chi connectivity index (χ1n) is 13.9. The van der Waals surface area contributed by atoms with Gasteiger partial charge >= 0.3 is 5.97 Å². The monoisotopic (exact) mass is 701 g/mol. The minimum absolute atomic E-state index is 0.124. The molecule has 256 valence electrons. The summed E-state index contributed by atoms with van der Waals surface area (Å²) in [6.45, 7) is 0. The zero-order chi connectivity index (χ0) is 34.8. The lowest BCUT2D eigenvalue weighted by atomic mass is 10.1. The Kier molecular flexibility index (Phi) is 12.4. The molecular weight excluding hydrogens is 666 g/mol. The van der Waals surface area contributed by atoms with Crippen LogP contribution < -0.4 is 42.6 Å². The molecular formula is C32H35N3O11S2. The zero-order valence-corrected chi connectivity index (χ0v) is 29.5. The van der Waals surface area contributed by atoms with Crippen LogP contribution in [0.5, 0.6) is 51.7 Å². The number of hydrogen-bond donors (Lipinski definition) is 0. The van der Waals surface area contributed by atoms with E-state index in [0.717, 1.165) is 5.56 Å². The van der Waals surface area contributed by atoms with E-state index in [0.29, 0.717) is 60.9 Å². The lowest BCUT2D eigenvalue weighted by molar-refractivity contribution is 0.0515. The maximum absolute atomic E-state index is 13.3. The molecule has 0 aliphatic rings. The van der Waals surface area contributed by atoms with Crippen LogP contribution in [0, 0.1) is 0 Å². The van der Waals surface area contributed by atoms with E-state index in [9.17, 15) is 4.79 Å². The summed E-state index contributed by atoms with van der Waals surface area (Å²) in [7, 11) is 13.5. The number of carbonyl (C=O) groups excluding carboxylic acids is 1. The number of rotatable bonds is 16. The van der Waals surface area contributed by atoms with Gasteiger partial charge in [-0.1, -0.05) is 28.3 Å². The first-order chi connectivity index (χ1) is 23.3. The predicted octanol–water partition coefficient (Wildman–Crippen LogP) is 5.64. The number of nitrogens with zero attached hydrogens (tertiary/aromatic N) is 3. The van der Waals surface area contributed by atoms with Crippen LogP contribution >= 0.6 is 23.1 Å². The van der Waals surface area contributed by atoms with Crippen LogP contribution in [0.25, 0.3) is 10.6 Å². The van der Waals surface area contributed by atoms with E-state index in [1.54, 1.807) is 38.5 Å². The predicted molar refractivity (Wildman–Crippen MR) is 180 cm³/mol. The molecule has 1 aromatic heterocycles. The molecule has 3 aromatic carbocycles. The highest BCUT2D eigenvalue weighted by Gasteiger charge is 2.23. The maximum atomic E-state index is 13.3. The number of ether oxygens (including phenoxy) is 9. The summed E-state index contributed by atoms with van der Waals surface area (Å²) in [5, 5.41) is 13.6. The van der Waals surface area contributed by atoms with Crippen molar-refractivity contribution in [3.05, 3.63) is 47.5 Å². The smallest absolute Gasteiger partial charge is 0.366 e. The molecule has 0 saturated carbocycles. The van der Waals surface area contributed by atoms with Crippen LogP contribution in [-0.4, -0.2) is 91.6 Å². The van der Waals surface area contributed by atoms with E-state index in [4.69, 9.17) is 47.5 Å². The van der Waals surface area contributed by atoms with Gasteiger partial charge < -0.3 is 47.5 Å². The van der Waals surface area contributed by atoms with Crippen molar-refractivity contribution in [1.82, 2.24) is 10.2 Å². The third kappa shape index (κ3) is 7.55. The largest absolute Gasteiger partial charge is 0.493 e. The van der Waals surface area contributed by atoms with Gasteiger partial charge in [0.1, 0.15) is 10.7 Å². The number of carbonyl (C=O) groups is 1. The van der Waals surface area contributed by atoms with Crippen molar-refractivity contribution in [2.24, 2.45) is 5.16 Å². The van der Waals surface area contributed by atoms with Gasteiger partial charge in [-0.15, -0.1) is 10.2 Å². The van der Waals surface area contributed by atoms with E-state index >= 15 is 0 Å². The fourth-order valence-corrected chi connectivity index (χ4v) is 6.33. The Hall–Kier alpha value is -5.09. The fourth-order valence-electron chi connectivity index (χ4n) is 4.55. The van der Waals surface area contributed by atoms with Gasteiger partial charge in [-0.05, 0) is 36.4 Å². The fraction of sp³-hybridized carbons (Fsp3) is 0.312. The van der Waals surface area contributed by atoms with Crippen molar-refractivity contribution < 1.29 is 52.3 Å². The minimum Gasteiger partial charge on any atom is -0.493 e. The summed E-state index contributed by atoms with van der Waals surface area (Å²) in [5.74, 6) is 2.87.